The Balaban J connectivity index is 1.40. The third-order valence-corrected chi connectivity index (χ3v) is 5.50. The molecule has 1 aromatic heterocycles. The number of piperidine rings is 1. The molecule has 0 unspecified atom stereocenters. The maximum Gasteiger partial charge on any atom is 0.253 e. The predicted molar refractivity (Wildman–Crippen MR) is 106 cm³/mol. The Kier molecular flexibility index (Phi) is 5.07. The Morgan fingerprint density at radius 2 is 1.74 bits per heavy atom. The lowest BCUT2D eigenvalue weighted by molar-refractivity contribution is 0.0704. The molecule has 2 aromatic carbocycles. The quantitative estimate of drug-likeness (QED) is 0.602. The Hall–Kier alpha value is -2.47. The molecule has 27 heavy (non-hydrogen) atoms. The third kappa shape index (κ3) is 3.95. The SMILES string of the molecule is Cc1ccc(-c2noc(C3CCN(C(=O)c4ccc(Br)cc4)CC3)n2)cc1. The van der Waals surface area contributed by atoms with Crippen molar-refractivity contribution in [2.75, 3.05) is 13.1 Å². The number of carbonyl (C=O) groups is 1. The van der Waals surface area contributed by atoms with Crippen LogP contribution in [0.15, 0.2) is 57.5 Å². The number of likely N-dealkylation sites (tertiary alicyclic amines) is 1. The summed E-state index contributed by atoms with van der Waals surface area (Å²) in [5.74, 6) is 1.57. The zero-order valence-electron chi connectivity index (χ0n) is 15.1. The minimum absolute atomic E-state index is 0.0758. The number of amides is 1. The Morgan fingerprint density at radius 3 is 2.41 bits per heavy atom. The molecule has 0 spiro atoms. The lowest BCUT2D eigenvalue weighted by Crippen LogP contribution is -2.37. The van der Waals surface area contributed by atoms with Crippen molar-refractivity contribution < 1.29 is 9.32 Å². The van der Waals surface area contributed by atoms with Crippen molar-refractivity contribution in [2.45, 2.75) is 25.7 Å². The zero-order chi connectivity index (χ0) is 18.8. The molecule has 0 radical (unpaired) electrons. The van der Waals surface area contributed by atoms with E-state index in [0.717, 1.165) is 28.4 Å². The van der Waals surface area contributed by atoms with E-state index in [9.17, 15) is 4.79 Å². The molecule has 4 rings (SSSR count). The van der Waals surface area contributed by atoms with Crippen molar-refractivity contribution in [3.05, 3.63) is 70.0 Å². The molecule has 6 heteroatoms. The van der Waals surface area contributed by atoms with Crippen LogP contribution in [0.5, 0.6) is 0 Å². The maximum atomic E-state index is 12.6. The predicted octanol–water partition coefficient (Wildman–Crippen LogP) is 4.83. The molecule has 0 saturated carbocycles. The molecule has 1 aliphatic rings. The van der Waals surface area contributed by atoms with E-state index in [2.05, 4.69) is 33.0 Å². The molecule has 1 saturated heterocycles. The fourth-order valence-corrected chi connectivity index (χ4v) is 3.59. The highest BCUT2D eigenvalue weighted by Crippen LogP contribution is 2.29. The second-order valence-electron chi connectivity index (χ2n) is 6.90. The van der Waals surface area contributed by atoms with E-state index in [1.807, 2.05) is 53.4 Å². The van der Waals surface area contributed by atoms with Crippen LogP contribution in [0.3, 0.4) is 0 Å². The summed E-state index contributed by atoms with van der Waals surface area (Å²) in [5, 5.41) is 4.13. The van der Waals surface area contributed by atoms with Gasteiger partial charge in [-0.2, -0.15) is 4.98 Å². The van der Waals surface area contributed by atoms with Gasteiger partial charge in [0.2, 0.25) is 11.7 Å². The summed E-state index contributed by atoms with van der Waals surface area (Å²) >= 11 is 3.40. The molecule has 0 aliphatic carbocycles. The monoisotopic (exact) mass is 425 g/mol. The van der Waals surface area contributed by atoms with Crippen molar-refractivity contribution in [2.24, 2.45) is 0 Å². The van der Waals surface area contributed by atoms with Crippen LogP contribution in [0.2, 0.25) is 0 Å². The fraction of sp³-hybridized carbons (Fsp3) is 0.286. The van der Waals surface area contributed by atoms with Crippen LogP contribution in [-0.2, 0) is 0 Å². The van der Waals surface area contributed by atoms with Crippen LogP contribution in [0.25, 0.3) is 11.4 Å². The van der Waals surface area contributed by atoms with Crippen LogP contribution < -0.4 is 0 Å². The average Bonchev–Trinajstić information content (AvgIpc) is 3.19. The van der Waals surface area contributed by atoms with Crippen LogP contribution >= 0.6 is 15.9 Å². The highest BCUT2D eigenvalue weighted by molar-refractivity contribution is 9.10. The standard InChI is InChI=1S/C21H20BrN3O2/c1-14-2-4-15(5-3-14)19-23-20(27-24-19)16-10-12-25(13-11-16)21(26)17-6-8-18(22)9-7-17/h2-9,16H,10-13H2,1H3. The van der Waals surface area contributed by atoms with Crippen LogP contribution in [0.4, 0.5) is 0 Å². The number of rotatable bonds is 3. The Labute approximate surface area is 166 Å². The Bertz CT molecular complexity index is 927. The highest BCUT2D eigenvalue weighted by Gasteiger charge is 2.28. The lowest BCUT2D eigenvalue weighted by atomic mass is 9.96. The van der Waals surface area contributed by atoms with Crippen molar-refractivity contribution in [1.29, 1.82) is 0 Å². The highest BCUT2D eigenvalue weighted by atomic mass is 79.9. The first kappa shape index (κ1) is 17.9. The van der Waals surface area contributed by atoms with Gasteiger partial charge < -0.3 is 9.42 Å². The number of carbonyl (C=O) groups excluding carboxylic acids is 1. The first-order valence-electron chi connectivity index (χ1n) is 9.05. The summed E-state index contributed by atoms with van der Waals surface area (Å²) in [6, 6.07) is 15.6. The topological polar surface area (TPSA) is 59.2 Å². The van der Waals surface area contributed by atoms with E-state index in [1.54, 1.807) is 0 Å². The van der Waals surface area contributed by atoms with Crippen LogP contribution in [-0.4, -0.2) is 34.0 Å². The molecule has 1 aliphatic heterocycles. The number of hydrogen-bond acceptors (Lipinski definition) is 4. The number of halogens is 1. The van der Waals surface area contributed by atoms with Crippen molar-refractivity contribution in [1.82, 2.24) is 15.0 Å². The number of nitrogens with zero attached hydrogens (tertiary/aromatic N) is 3. The van der Waals surface area contributed by atoms with Gasteiger partial charge in [-0.15, -0.1) is 0 Å². The van der Waals surface area contributed by atoms with Gasteiger partial charge in [0.05, 0.1) is 0 Å². The van der Waals surface area contributed by atoms with Gasteiger partial charge in [0.15, 0.2) is 0 Å². The average molecular weight is 426 g/mol. The molecule has 0 N–H and O–H groups in total. The largest absolute Gasteiger partial charge is 0.339 e. The van der Waals surface area contributed by atoms with Gasteiger partial charge >= 0.3 is 0 Å². The van der Waals surface area contributed by atoms with Gasteiger partial charge in [0.1, 0.15) is 0 Å². The normalized spacial score (nSPS) is 15.1. The number of aryl methyl sites for hydroxylation is 1. The maximum absolute atomic E-state index is 12.6. The Morgan fingerprint density at radius 1 is 1.07 bits per heavy atom. The summed E-state index contributed by atoms with van der Waals surface area (Å²) in [5.41, 5.74) is 2.87. The van der Waals surface area contributed by atoms with E-state index >= 15 is 0 Å². The van der Waals surface area contributed by atoms with Gasteiger partial charge in [-0.25, -0.2) is 0 Å². The third-order valence-electron chi connectivity index (χ3n) is 4.97. The molecule has 5 nitrogen and oxygen atoms in total. The first-order chi connectivity index (χ1) is 13.1. The summed E-state index contributed by atoms with van der Waals surface area (Å²) in [6.07, 6.45) is 1.66. The molecular formula is C21H20BrN3O2. The molecule has 138 valence electrons. The van der Waals surface area contributed by atoms with Gasteiger partial charge in [0.25, 0.3) is 5.91 Å². The molecule has 0 atom stereocenters. The second kappa shape index (κ2) is 7.64. The van der Waals surface area contributed by atoms with Gasteiger partial charge in [0, 0.05) is 34.6 Å². The summed E-state index contributed by atoms with van der Waals surface area (Å²) in [7, 11) is 0. The van der Waals surface area contributed by atoms with Crippen molar-refractivity contribution in [3.63, 3.8) is 0 Å². The summed E-state index contributed by atoms with van der Waals surface area (Å²) < 4.78 is 6.48. The van der Waals surface area contributed by atoms with Gasteiger partial charge in [-0.3, -0.25) is 4.79 Å². The molecule has 1 amide bonds. The molecular weight excluding hydrogens is 406 g/mol. The number of hydrogen-bond donors (Lipinski definition) is 0. The van der Waals surface area contributed by atoms with Gasteiger partial charge in [-0.1, -0.05) is 50.9 Å². The van der Waals surface area contributed by atoms with E-state index in [4.69, 9.17) is 4.52 Å². The van der Waals surface area contributed by atoms with Crippen molar-refractivity contribution in [3.8, 4) is 11.4 Å². The summed E-state index contributed by atoms with van der Waals surface area (Å²) in [4.78, 5) is 19.1. The molecule has 1 fully saturated rings. The van der Waals surface area contributed by atoms with E-state index in [0.29, 0.717) is 24.8 Å². The second-order valence-corrected chi connectivity index (χ2v) is 7.81. The molecule has 2 heterocycles. The lowest BCUT2D eigenvalue weighted by Gasteiger charge is -2.30. The smallest absolute Gasteiger partial charge is 0.253 e. The van der Waals surface area contributed by atoms with Crippen LogP contribution in [0.1, 0.15) is 40.6 Å². The number of aromatic nitrogens is 2. The number of benzene rings is 2. The van der Waals surface area contributed by atoms with E-state index in [-0.39, 0.29) is 11.8 Å². The van der Waals surface area contributed by atoms with Crippen molar-refractivity contribution >= 4 is 21.8 Å². The molecule has 0 bridgehead atoms. The van der Waals surface area contributed by atoms with E-state index < -0.39 is 0 Å². The first-order valence-corrected chi connectivity index (χ1v) is 9.85. The zero-order valence-corrected chi connectivity index (χ0v) is 16.6. The summed E-state index contributed by atoms with van der Waals surface area (Å²) in [6.45, 7) is 3.44. The van der Waals surface area contributed by atoms with Gasteiger partial charge in [-0.05, 0) is 44.0 Å². The molecule has 3 aromatic rings. The van der Waals surface area contributed by atoms with Crippen LogP contribution in [0, 0.1) is 6.92 Å². The minimum Gasteiger partial charge on any atom is -0.339 e. The minimum atomic E-state index is 0.0758. The van der Waals surface area contributed by atoms with E-state index in [1.165, 1.54) is 5.56 Å². The fourth-order valence-electron chi connectivity index (χ4n) is 3.33.